The molecule has 2 aromatic carbocycles. The molecule has 2 N–H and O–H groups in total. The Morgan fingerprint density at radius 1 is 0.800 bits per heavy atom. The van der Waals surface area contributed by atoms with Crippen molar-refractivity contribution < 1.29 is 24.3 Å². The molecule has 2 aromatic rings. The van der Waals surface area contributed by atoms with Gasteiger partial charge in [-0.15, -0.1) is 0 Å². The van der Waals surface area contributed by atoms with E-state index < -0.39 is 7.32 Å². The fourth-order valence-electron chi connectivity index (χ4n) is 2.33. The van der Waals surface area contributed by atoms with Crippen LogP contribution in [0.1, 0.15) is 31.8 Å². The van der Waals surface area contributed by atoms with E-state index in [0.717, 1.165) is 0 Å². The number of ketones is 2. The molecule has 0 fully saturated rings. The van der Waals surface area contributed by atoms with E-state index >= 15 is 0 Å². The van der Waals surface area contributed by atoms with Crippen LogP contribution in [0, 0.1) is 0 Å². The Morgan fingerprint density at radius 3 is 2.05 bits per heavy atom. The van der Waals surface area contributed by atoms with Crippen LogP contribution in [-0.4, -0.2) is 28.9 Å². The van der Waals surface area contributed by atoms with Crippen molar-refractivity contribution in [2.45, 2.75) is 0 Å². The normalized spacial score (nSPS) is 12.7. The highest BCUT2D eigenvalue weighted by Crippen LogP contribution is 2.33. The SMILES string of the molecule is O=C1c2ccccc2C(=O)c2c(OB(O)O)cccc21. The highest BCUT2D eigenvalue weighted by atomic mass is 16.6. The highest BCUT2D eigenvalue weighted by molar-refractivity contribution is 6.35. The molecule has 0 bridgehead atoms. The average molecular weight is 268 g/mol. The molecule has 0 saturated heterocycles. The molecule has 0 amide bonds. The molecule has 0 aliphatic heterocycles. The smallest absolute Gasteiger partial charge is 0.511 e. The third-order valence-corrected chi connectivity index (χ3v) is 3.15. The first-order valence-corrected chi connectivity index (χ1v) is 5.94. The third kappa shape index (κ3) is 1.82. The first-order chi connectivity index (χ1) is 9.59. The van der Waals surface area contributed by atoms with Crippen LogP contribution in [0.5, 0.6) is 5.75 Å². The number of hydrogen-bond acceptors (Lipinski definition) is 5. The van der Waals surface area contributed by atoms with E-state index in [1.165, 1.54) is 18.2 Å². The zero-order valence-electron chi connectivity index (χ0n) is 10.2. The first kappa shape index (κ1) is 12.6. The van der Waals surface area contributed by atoms with E-state index in [4.69, 9.17) is 14.7 Å². The van der Waals surface area contributed by atoms with Crippen molar-refractivity contribution in [3.05, 3.63) is 64.7 Å². The zero-order chi connectivity index (χ0) is 14.3. The molecule has 0 radical (unpaired) electrons. The fourth-order valence-corrected chi connectivity index (χ4v) is 2.33. The Balaban J connectivity index is 2.23. The van der Waals surface area contributed by atoms with Gasteiger partial charge < -0.3 is 14.7 Å². The number of carbonyl (C=O) groups is 2. The molecule has 3 rings (SSSR count). The van der Waals surface area contributed by atoms with Crippen molar-refractivity contribution >= 4 is 18.9 Å². The van der Waals surface area contributed by atoms with Crippen LogP contribution in [0.15, 0.2) is 42.5 Å². The van der Waals surface area contributed by atoms with Crippen LogP contribution in [-0.2, 0) is 0 Å². The van der Waals surface area contributed by atoms with Gasteiger partial charge in [0.25, 0.3) is 0 Å². The lowest BCUT2D eigenvalue weighted by atomic mass is 9.83. The summed E-state index contributed by atoms with van der Waals surface area (Å²) in [6.45, 7) is 0. The van der Waals surface area contributed by atoms with Crippen molar-refractivity contribution in [2.75, 3.05) is 0 Å². The van der Waals surface area contributed by atoms with Gasteiger partial charge in [0.05, 0.1) is 5.56 Å². The highest BCUT2D eigenvalue weighted by Gasteiger charge is 2.32. The topological polar surface area (TPSA) is 83.8 Å². The summed E-state index contributed by atoms with van der Waals surface area (Å²) in [5, 5.41) is 17.8. The molecule has 0 saturated carbocycles. The van der Waals surface area contributed by atoms with E-state index in [2.05, 4.69) is 0 Å². The quantitative estimate of drug-likeness (QED) is 0.672. The largest absolute Gasteiger partial charge is 0.707 e. The van der Waals surface area contributed by atoms with Crippen LogP contribution in [0.4, 0.5) is 0 Å². The maximum absolute atomic E-state index is 12.5. The molecule has 0 atom stereocenters. The van der Waals surface area contributed by atoms with Gasteiger partial charge in [-0.3, -0.25) is 9.59 Å². The van der Waals surface area contributed by atoms with Crippen molar-refractivity contribution in [3.8, 4) is 5.75 Å². The number of rotatable bonds is 2. The predicted octanol–water partition coefficient (Wildman–Crippen LogP) is 0.810. The van der Waals surface area contributed by atoms with Gasteiger partial charge in [-0.05, 0) is 6.07 Å². The molecule has 98 valence electrons. The lowest BCUT2D eigenvalue weighted by Gasteiger charge is -2.20. The number of fused-ring (bicyclic) bond motifs is 2. The van der Waals surface area contributed by atoms with Gasteiger partial charge in [-0.1, -0.05) is 36.4 Å². The van der Waals surface area contributed by atoms with Gasteiger partial charge in [0.1, 0.15) is 5.75 Å². The zero-order valence-corrected chi connectivity index (χ0v) is 10.2. The molecule has 1 aliphatic rings. The molecule has 0 unspecified atom stereocenters. The summed E-state index contributed by atoms with van der Waals surface area (Å²) in [6.07, 6.45) is 0. The average Bonchev–Trinajstić information content (AvgIpc) is 2.44. The Labute approximate surface area is 114 Å². The van der Waals surface area contributed by atoms with Crippen LogP contribution < -0.4 is 4.65 Å². The summed E-state index contributed by atoms with van der Waals surface area (Å²) in [7, 11) is -2.05. The van der Waals surface area contributed by atoms with Gasteiger partial charge in [-0.25, -0.2) is 0 Å². The first-order valence-electron chi connectivity index (χ1n) is 5.94. The molecule has 0 aromatic heterocycles. The Morgan fingerprint density at radius 2 is 1.40 bits per heavy atom. The summed E-state index contributed by atoms with van der Waals surface area (Å²) in [5.74, 6) is -0.676. The van der Waals surface area contributed by atoms with Crippen LogP contribution >= 0.6 is 0 Å². The minimum absolute atomic E-state index is 0.0228. The second-order valence-corrected chi connectivity index (χ2v) is 4.33. The van der Waals surface area contributed by atoms with Gasteiger partial charge in [0, 0.05) is 16.7 Å². The molecular weight excluding hydrogens is 259 g/mol. The van der Waals surface area contributed by atoms with E-state index in [9.17, 15) is 9.59 Å². The summed E-state index contributed by atoms with van der Waals surface area (Å²) in [5.41, 5.74) is 0.885. The summed E-state index contributed by atoms with van der Waals surface area (Å²) < 4.78 is 4.78. The maximum Gasteiger partial charge on any atom is 0.707 e. The van der Waals surface area contributed by atoms with Gasteiger partial charge in [0.15, 0.2) is 11.6 Å². The van der Waals surface area contributed by atoms with Gasteiger partial charge in [0.2, 0.25) is 0 Å². The minimum Gasteiger partial charge on any atom is -0.511 e. The van der Waals surface area contributed by atoms with Crippen molar-refractivity contribution in [1.29, 1.82) is 0 Å². The van der Waals surface area contributed by atoms with Gasteiger partial charge in [-0.2, -0.15) is 0 Å². The summed E-state index contributed by atoms with van der Waals surface area (Å²) >= 11 is 0. The van der Waals surface area contributed by atoms with Crippen LogP contribution in [0.3, 0.4) is 0 Å². The minimum atomic E-state index is -2.05. The standard InChI is InChI=1S/C14H9BO5/c16-13-8-4-1-2-5-9(8)14(17)12-10(13)6-3-7-11(12)20-15(18)19/h1-7,18-19H. The second-order valence-electron chi connectivity index (χ2n) is 4.33. The molecule has 5 nitrogen and oxygen atoms in total. The lowest BCUT2D eigenvalue weighted by molar-refractivity contribution is 0.0977. The van der Waals surface area contributed by atoms with E-state index in [1.54, 1.807) is 24.3 Å². The maximum atomic E-state index is 12.5. The number of carbonyl (C=O) groups excluding carboxylic acids is 2. The number of benzene rings is 2. The monoisotopic (exact) mass is 268 g/mol. The van der Waals surface area contributed by atoms with Crippen molar-refractivity contribution in [3.63, 3.8) is 0 Å². The Bertz CT molecular complexity index is 723. The Kier molecular flexibility index (Phi) is 2.89. The summed E-state index contributed by atoms with van der Waals surface area (Å²) in [4.78, 5) is 24.8. The predicted molar refractivity (Wildman–Crippen MR) is 70.6 cm³/mol. The molecule has 20 heavy (non-hydrogen) atoms. The molecular formula is C14H9BO5. The molecule has 0 heterocycles. The van der Waals surface area contributed by atoms with Gasteiger partial charge >= 0.3 is 7.32 Å². The molecule has 1 aliphatic carbocycles. The number of hydrogen-bond donors (Lipinski definition) is 2. The van der Waals surface area contributed by atoms with E-state index in [1.807, 2.05) is 0 Å². The molecule has 0 spiro atoms. The fraction of sp³-hybridized carbons (Fsp3) is 0. The van der Waals surface area contributed by atoms with Crippen molar-refractivity contribution in [1.82, 2.24) is 0 Å². The van der Waals surface area contributed by atoms with Crippen LogP contribution in [0.25, 0.3) is 0 Å². The van der Waals surface area contributed by atoms with E-state index in [-0.39, 0.29) is 34.0 Å². The Hall–Kier alpha value is -2.44. The van der Waals surface area contributed by atoms with Crippen LogP contribution in [0.2, 0.25) is 0 Å². The third-order valence-electron chi connectivity index (χ3n) is 3.15. The lowest BCUT2D eigenvalue weighted by Crippen LogP contribution is -2.26. The van der Waals surface area contributed by atoms with E-state index in [0.29, 0.717) is 5.56 Å². The second kappa shape index (κ2) is 4.59. The molecule has 6 heteroatoms. The van der Waals surface area contributed by atoms with Crippen molar-refractivity contribution in [2.24, 2.45) is 0 Å². The summed E-state index contributed by atoms with van der Waals surface area (Å²) in [6, 6.07) is 11.0.